The van der Waals surface area contributed by atoms with Gasteiger partial charge in [-0.3, -0.25) is 4.79 Å². The summed E-state index contributed by atoms with van der Waals surface area (Å²) in [6, 6.07) is 8.63. The lowest BCUT2D eigenvalue weighted by atomic mass is 9.97. The van der Waals surface area contributed by atoms with Gasteiger partial charge in [0.1, 0.15) is 12.7 Å². The minimum atomic E-state index is 0.0469. The quantitative estimate of drug-likeness (QED) is 0.853. The molecule has 0 unspecified atom stereocenters. The van der Waals surface area contributed by atoms with E-state index < -0.39 is 0 Å². The van der Waals surface area contributed by atoms with Crippen LogP contribution in [0.4, 0.5) is 0 Å². The predicted molar refractivity (Wildman–Crippen MR) is 82.4 cm³/mol. The van der Waals surface area contributed by atoms with Gasteiger partial charge in [0.2, 0.25) is 5.91 Å². The molecule has 0 bridgehead atoms. The lowest BCUT2D eigenvalue weighted by Crippen LogP contribution is -2.42. The molecule has 5 heteroatoms. The number of rotatable bonds is 2. The van der Waals surface area contributed by atoms with E-state index in [1.165, 1.54) is 11.1 Å². The van der Waals surface area contributed by atoms with Crippen molar-refractivity contribution in [3.63, 3.8) is 0 Å². The Morgan fingerprint density at radius 3 is 3.00 bits per heavy atom. The molecule has 1 amide bonds. The molecule has 0 spiro atoms. The molecule has 0 saturated carbocycles. The van der Waals surface area contributed by atoms with Crippen LogP contribution >= 0.6 is 0 Å². The van der Waals surface area contributed by atoms with Crippen molar-refractivity contribution in [3.05, 3.63) is 48.0 Å². The molecule has 1 aliphatic carbocycles. The van der Waals surface area contributed by atoms with Crippen LogP contribution in [0.3, 0.4) is 0 Å². The monoisotopic (exact) mass is 296 g/mol. The minimum Gasteiger partial charge on any atom is -0.340 e. The molecule has 2 heterocycles. The number of likely N-dealkylation sites (tertiary alicyclic amines) is 1. The summed E-state index contributed by atoms with van der Waals surface area (Å²) >= 11 is 0. The first-order chi connectivity index (χ1) is 10.8. The van der Waals surface area contributed by atoms with Crippen LogP contribution in [-0.2, 0) is 11.2 Å². The van der Waals surface area contributed by atoms with E-state index in [9.17, 15) is 4.79 Å². The number of hydrogen-bond donors (Lipinski definition) is 0. The Morgan fingerprint density at radius 2 is 2.14 bits per heavy atom. The van der Waals surface area contributed by atoms with Gasteiger partial charge in [0.15, 0.2) is 0 Å². The van der Waals surface area contributed by atoms with Crippen molar-refractivity contribution in [2.75, 3.05) is 13.1 Å². The molecule has 0 radical (unpaired) electrons. The zero-order chi connectivity index (χ0) is 14.9. The van der Waals surface area contributed by atoms with E-state index in [-0.39, 0.29) is 17.9 Å². The summed E-state index contributed by atoms with van der Waals surface area (Å²) in [5.41, 5.74) is 2.57. The van der Waals surface area contributed by atoms with Crippen LogP contribution in [0.1, 0.15) is 42.3 Å². The second-order valence-electron chi connectivity index (χ2n) is 6.25. The molecule has 1 fully saturated rings. The fourth-order valence-electron chi connectivity index (χ4n) is 3.81. The van der Waals surface area contributed by atoms with E-state index in [4.69, 9.17) is 0 Å². The minimum absolute atomic E-state index is 0.0469. The lowest BCUT2D eigenvalue weighted by molar-refractivity contribution is -0.134. The Hall–Kier alpha value is -2.17. The summed E-state index contributed by atoms with van der Waals surface area (Å²) < 4.78 is 1.89. The van der Waals surface area contributed by atoms with Crippen molar-refractivity contribution >= 4 is 5.91 Å². The highest BCUT2D eigenvalue weighted by Crippen LogP contribution is 2.35. The Balaban J connectivity index is 1.51. The van der Waals surface area contributed by atoms with E-state index in [0.717, 1.165) is 38.8 Å². The van der Waals surface area contributed by atoms with E-state index in [2.05, 4.69) is 28.3 Å². The van der Waals surface area contributed by atoms with Gasteiger partial charge < -0.3 is 4.90 Å². The van der Waals surface area contributed by atoms with Crippen LogP contribution in [0, 0.1) is 0 Å². The van der Waals surface area contributed by atoms with Gasteiger partial charge >= 0.3 is 0 Å². The number of fused-ring (bicyclic) bond motifs is 1. The fourth-order valence-corrected chi connectivity index (χ4v) is 3.81. The van der Waals surface area contributed by atoms with Gasteiger partial charge in [-0.2, -0.15) is 5.10 Å². The second-order valence-corrected chi connectivity index (χ2v) is 6.25. The number of nitrogens with zero attached hydrogens (tertiary/aromatic N) is 4. The maximum atomic E-state index is 13.0. The first-order valence-corrected chi connectivity index (χ1v) is 8.03. The number of aryl methyl sites for hydroxylation is 1. The molecule has 2 aromatic rings. The zero-order valence-corrected chi connectivity index (χ0v) is 12.6. The number of piperidine rings is 1. The molecule has 2 atom stereocenters. The van der Waals surface area contributed by atoms with E-state index in [0.29, 0.717) is 0 Å². The van der Waals surface area contributed by atoms with Crippen molar-refractivity contribution in [3.8, 4) is 0 Å². The van der Waals surface area contributed by atoms with E-state index in [1.807, 2.05) is 15.6 Å². The van der Waals surface area contributed by atoms with Crippen LogP contribution in [-0.4, -0.2) is 38.7 Å². The van der Waals surface area contributed by atoms with Gasteiger partial charge in [-0.15, -0.1) is 0 Å². The number of hydrogen-bond acceptors (Lipinski definition) is 3. The molecule has 4 rings (SSSR count). The highest BCUT2D eigenvalue weighted by atomic mass is 16.2. The molecule has 2 aliphatic rings. The molecule has 1 aliphatic heterocycles. The fraction of sp³-hybridized carbons (Fsp3) is 0.471. The van der Waals surface area contributed by atoms with Crippen LogP contribution in [0.2, 0.25) is 0 Å². The lowest BCUT2D eigenvalue weighted by Gasteiger charge is -2.34. The summed E-state index contributed by atoms with van der Waals surface area (Å²) in [7, 11) is 0. The number of amides is 1. The molecule has 1 aromatic heterocycles. The largest absolute Gasteiger partial charge is 0.340 e. The maximum absolute atomic E-state index is 13.0. The predicted octanol–water partition coefficient (Wildman–Crippen LogP) is 2.17. The van der Waals surface area contributed by atoms with Gasteiger partial charge in [-0.05, 0) is 36.8 Å². The van der Waals surface area contributed by atoms with Crippen molar-refractivity contribution < 1.29 is 4.79 Å². The number of carbonyl (C=O) groups excluding carboxylic acids is 1. The molecule has 22 heavy (non-hydrogen) atoms. The Kier molecular flexibility index (Phi) is 3.41. The SMILES string of the molecule is O=C([C@H]1CCc2ccccc21)N1CCC[C@H](n2cncn2)C1. The third-order valence-corrected chi connectivity index (χ3v) is 4.95. The smallest absolute Gasteiger partial charge is 0.230 e. The van der Waals surface area contributed by atoms with Crippen LogP contribution in [0.5, 0.6) is 0 Å². The highest BCUT2D eigenvalue weighted by Gasteiger charge is 2.34. The van der Waals surface area contributed by atoms with Gasteiger partial charge in [-0.25, -0.2) is 9.67 Å². The average molecular weight is 296 g/mol. The molecule has 114 valence electrons. The Morgan fingerprint density at radius 1 is 1.23 bits per heavy atom. The van der Waals surface area contributed by atoms with Crippen molar-refractivity contribution in [2.24, 2.45) is 0 Å². The molecular weight excluding hydrogens is 276 g/mol. The third-order valence-electron chi connectivity index (χ3n) is 4.95. The molecule has 0 N–H and O–H groups in total. The Labute approximate surface area is 130 Å². The van der Waals surface area contributed by atoms with Crippen LogP contribution < -0.4 is 0 Å². The van der Waals surface area contributed by atoms with Crippen molar-refractivity contribution in [2.45, 2.75) is 37.6 Å². The average Bonchev–Trinajstić information content (AvgIpc) is 3.24. The van der Waals surface area contributed by atoms with Crippen molar-refractivity contribution in [1.29, 1.82) is 0 Å². The van der Waals surface area contributed by atoms with Gasteiger partial charge in [0.05, 0.1) is 12.0 Å². The first-order valence-electron chi connectivity index (χ1n) is 8.03. The summed E-state index contributed by atoms with van der Waals surface area (Å²) in [6.45, 7) is 1.61. The maximum Gasteiger partial charge on any atom is 0.230 e. The van der Waals surface area contributed by atoms with Gasteiger partial charge in [-0.1, -0.05) is 24.3 Å². The standard InChI is InChI=1S/C17H20N4O/c22-17(16-8-7-13-4-1-2-6-15(13)16)20-9-3-5-14(10-20)21-12-18-11-19-21/h1-2,4,6,11-12,14,16H,3,5,7-10H2/t14-,16-/m0/s1. The summed E-state index contributed by atoms with van der Waals surface area (Å²) in [5.74, 6) is 0.334. The summed E-state index contributed by atoms with van der Waals surface area (Å²) in [6.07, 6.45) is 7.38. The Bertz CT molecular complexity index is 667. The molecule has 1 saturated heterocycles. The van der Waals surface area contributed by atoms with Gasteiger partial charge in [0.25, 0.3) is 0 Å². The number of benzene rings is 1. The first kappa shape index (κ1) is 13.5. The van der Waals surface area contributed by atoms with E-state index >= 15 is 0 Å². The summed E-state index contributed by atoms with van der Waals surface area (Å²) in [5, 5.41) is 4.23. The van der Waals surface area contributed by atoms with E-state index in [1.54, 1.807) is 12.7 Å². The van der Waals surface area contributed by atoms with Crippen LogP contribution in [0.15, 0.2) is 36.9 Å². The third kappa shape index (κ3) is 2.30. The van der Waals surface area contributed by atoms with Gasteiger partial charge in [0, 0.05) is 13.1 Å². The second kappa shape index (κ2) is 5.55. The zero-order valence-electron chi connectivity index (χ0n) is 12.6. The normalized spacial score (nSPS) is 24.3. The number of carbonyl (C=O) groups is 1. The van der Waals surface area contributed by atoms with Crippen molar-refractivity contribution in [1.82, 2.24) is 19.7 Å². The highest BCUT2D eigenvalue weighted by molar-refractivity contribution is 5.85. The van der Waals surface area contributed by atoms with Crippen LogP contribution in [0.25, 0.3) is 0 Å². The molecule has 1 aromatic carbocycles. The molecule has 5 nitrogen and oxygen atoms in total. The topological polar surface area (TPSA) is 51.0 Å². The molecular formula is C17H20N4O. The number of aromatic nitrogens is 3. The summed E-state index contributed by atoms with van der Waals surface area (Å²) in [4.78, 5) is 19.0.